The minimum Gasteiger partial charge on any atom is -0.0879 e. The van der Waals surface area contributed by atoms with Gasteiger partial charge in [-0.1, -0.05) is 24.3 Å². The Morgan fingerprint density at radius 3 is 2.80 bits per heavy atom. The monoisotopic (exact) mass is 132 g/mol. The molecule has 0 nitrogen and oxygen atoms in total. The summed E-state index contributed by atoms with van der Waals surface area (Å²) in [7, 11) is 0. The molecule has 0 aromatic heterocycles. The van der Waals surface area contributed by atoms with Gasteiger partial charge in [-0.3, -0.25) is 0 Å². The summed E-state index contributed by atoms with van der Waals surface area (Å²) in [5, 5.41) is 0. The van der Waals surface area contributed by atoms with Gasteiger partial charge < -0.3 is 0 Å². The van der Waals surface area contributed by atoms with Crippen LogP contribution in [0.1, 0.15) is 12.8 Å². The first-order chi connectivity index (χ1) is 4.95. The molecule has 1 fully saturated rings. The summed E-state index contributed by atoms with van der Waals surface area (Å²) in [5.74, 6) is 3.82. The van der Waals surface area contributed by atoms with Gasteiger partial charge in [-0.2, -0.15) is 0 Å². The van der Waals surface area contributed by atoms with Crippen LogP contribution in [0.5, 0.6) is 0 Å². The molecule has 0 aromatic carbocycles. The second-order valence-electron chi connectivity index (χ2n) is 3.85. The third kappa shape index (κ3) is 0.448. The van der Waals surface area contributed by atoms with Gasteiger partial charge in [0.25, 0.3) is 0 Å². The molecule has 0 unspecified atom stereocenters. The molecule has 0 aromatic rings. The van der Waals surface area contributed by atoms with Crippen molar-refractivity contribution in [2.75, 3.05) is 0 Å². The van der Waals surface area contributed by atoms with Gasteiger partial charge in [0, 0.05) is 0 Å². The molecule has 52 valence electrons. The number of fused-ring (bicyclic) bond motifs is 5. The lowest BCUT2D eigenvalue weighted by molar-refractivity contribution is 0.398. The van der Waals surface area contributed by atoms with Crippen LogP contribution in [0.3, 0.4) is 0 Å². The topological polar surface area (TPSA) is 0 Å². The van der Waals surface area contributed by atoms with Crippen LogP contribution in [0.25, 0.3) is 0 Å². The smallest absolute Gasteiger partial charge is 0.0133 e. The zero-order chi connectivity index (χ0) is 6.55. The fraction of sp³-hybridized carbons (Fsp3) is 0.600. The Bertz CT molecular complexity index is 212. The Labute approximate surface area is 61.6 Å². The Morgan fingerprint density at radius 1 is 1.00 bits per heavy atom. The molecular formula is C10H12. The van der Waals surface area contributed by atoms with Crippen LogP contribution in [-0.4, -0.2) is 0 Å². The average Bonchev–Trinajstić information content (AvgIpc) is 2.60. The third-order valence-electron chi connectivity index (χ3n) is 3.46. The Balaban J connectivity index is 2.04. The summed E-state index contributed by atoms with van der Waals surface area (Å²) in [4.78, 5) is 0. The van der Waals surface area contributed by atoms with E-state index in [-0.39, 0.29) is 0 Å². The minimum atomic E-state index is 0.925. The van der Waals surface area contributed by atoms with Crippen molar-refractivity contribution in [3.8, 4) is 0 Å². The number of allylic oxidation sites excluding steroid dienone is 4. The van der Waals surface area contributed by atoms with Gasteiger partial charge in [-0.25, -0.2) is 0 Å². The second kappa shape index (κ2) is 1.55. The maximum atomic E-state index is 2.44. The van der Waals surface area contributed by atoms with E-state index >= 15 is 0 Å². The van der Waals surface area contributed by atoms with E-state index in [2.05, 4.69) is 24.3 Å². The highest BCUT2D eigenvalue weighted by Crippen LogP contribution is 2.52. The van der Waals surface area contributed by atoms with Crippen molar-refractivity contribution >= 4 is 0 Å². The molecule has 0 saturated heterocycles. The summed E-state index contributed by atoms with van der Waals surface area (Å²) < 4.78 is 0. The van der Waals surface area contributed by atoms with Gasteiger partial charge in [0.15, 0.2) is 0 Å². The van der Waals surface area contributed by atoms with Crippen LogP contribution in [-0.2, 0) is 0 Å². The van der Waals surface area contributed by atoms with Crippen LogP contribution in [0, 0.1) is 23.7 Å². The van der Waals surface area contributed by atoms with E-state index in [4.69, 9.17) is 0 Å². The van der Waals surface area contributed by atoms with Crippen molar-refractivity contribution in [3.63, 3.8) is 0 Å². The predicted molar refractivity (Wildman–Crippen MR) is 41.5 cm³/mol. The van der Waals surface area contributed by atoms with Crippen LogP contribution in [0.15, 0.2) is 24.3 Å². The highest BCUT2D eigenvalue weighted by atomic mass is 14.5. The molecule has 3 aliphatic rings. The summed E-state index contributed by atoms with van der Waals surface area (Å²) in [6.07, 6.45) is 12.5. The Hall–Kier alpha value is -0.520. The zero-order valence-electron chi connectivity index (χ0n) is 6.03. The van der Waals surface area contributed by atoms with Crippen molar-refractivity contribution in [2.24, 2.45) is 23.7 Å². The maximum Gasteiger partial charge on any atom is -0.0133 e. The molecule has 3 aliphatic carbocycles. The first-order valence-electron chi connectivity index (χ1n) is 4.30. The first-order valence-corrected chi connectivity index (χ1v) is 4.30. The maximum absolute atomic E-state index is 2.44. The van der Waals surface area contributed by atoms with Gasteiger partial charge in [0.1, 0.15) is 0 Å². The number of hydrogen-bond donors (Lipinski definition) is 0. The fourth-order valence-electron chi connectivity index (χ4n) is 2.97. The first kappa shape index (κ1) is 5.17. The molecule has 0 amide bonds. The summed E-state index contributed by atoms with van der Waals surface area (Å²) in [6.45, 7) is 0. The highest BCUT2D eigenvalue weighted by molar-refractivity contribution is 5.21. The molecule has 4 atom stereocenters. The molecule has 3 rings (SSSR count). The molecule has 0 heteroatoms. The van der Waals surface area contributed by atoms with E-state index in [1.807, 2.05) is 0 Å². The second-order valence-corrected chi connectivity index (χ2v) is 3.85. The third-order valence-corrected chi connectivity index (χ3v) is 3.46. The Kier molecular flexibility index (Phi) is 0.803. The summed E-state index contributed by atoms with van der Waals surface area (Å²) in [5.41, 5.74) is 0. The number of rotatable bonds is 0. The van der Waals surface area contributed by atoms with E-state index in [0.717, 1.165) is 23.7 Å². The van der Waals surface area contributed by atoms with Crippen LogP contribution in [0.2, 0.25) is 0 Å². The zero-order valence-corrected chi connectivity index (χ0v) is 6.03. The van der Waals surface area contributed by atoms with E-state index in [0.29, 0.717) is 0 Å². The van der Waals surface area contributed by atoms with Crippen LogP contribution < -0.4 is 0 Å². The van der Waals surface area contributed by atoms with Crippen molar-refractivity contribution < 1.29 is 0 Å². The summed E-state index contributed by atoms with van der Waals surface area (Å²) >= 11 is 0. The van der Waals surface area contributed by atoms with Gasteiger partial charge in [0.05, 0.1) is 0 Å². The Morgan fingerprint density at radius 2 is 1.90 bits per heavy atom. The molecule has 0 spiro atoms. The average molecular weight is 132 g/mol. The van der Waals surface area contributed by atoms with Gasteiger partial charge >= 0.3 is 0 Å². The molecule has 2 bridgehead atoms. The van der Waals surface area contributed by atoms with E-state index in [9.17, 15) is 0 Å². The molecule has 0 heterocycles. The highest BCUT2D eigenvalue weighted by Gasteiger charge is 2.44. The molecule has 1 saturated carbocycles. The van der Waals surface area contributed by atoms with Crippen molar-refractivity contribution in [1.82, 2.24) is 0 Å². The van der Waals surface area contributed by atoms with E-state index in [1.165, 1.54) is 12.8 Å². The summed E-state index contributed by atoms with van der Waals surface area (Å²) in [6, 6.07) is 0. The van der Waals surface area contributed by atoms with Crippen LogP contribution >= 0.6 is 0 Å². The van der Waals surface area contributed by atoms with Gasteiger partial charge in [-0.05, 0) is 36.5 Å². The van der Waals surface area contributed by atoms with Crippen LogP contribution in [0.4, 0.5) is 0 Å². The molecule has 0 N–H and O–H groups in total. The lowest BCUT2D eigenvalue weighted by Gasteiger charge is -2.18. The quantitative estimate of drug-likeness (QED) is 0.444. The fourth-order valence-corrected chi connectivity index (χ4v) is 2.97. The van der Waals surface area contributed by atoms with E-state index < -0.39 is 0 Å². The lowest BCUT2D eigenvalue weighted by Crippen LogP contribution is -2.12. The minimum absolute atomic E-state index is 0.925. The standard InChI is InChI=1S/C10H12/c1-2-9-7-4-5-8(6-7)10(9)3-1/h1-2,4-5,7-10H,3,6H2/t7-,8-,9-,10-/m1/s1. The van der Waals surface area contributed by atoms with Crippen molar-refractivity contribution in [2.45, 2.75) is 12.8 Å². The van der Waals surface area contributed by atoms with Gasteiger partial charge in [0.2, 0.25) is 0 Å². The lowest BCUT2D eigenvalue weighted by atomic mass is 9.86. The largest absolute Gasteiger partial charge is 0.0879 e. The van der Waals surface area contributed by atoms with Crippen molar-refractivity contribution in [1.29, 1.82) is 0 Å². The van der Waals surface area contributed by atoms with Crippen molar-refractivity contribution in [3.05, 3.63) is 24.3 Å². The normalized spacial score (nSPS) is 54.4. The molecule has 0 aliphatic heterocycles. The van der Waals surface area contributed by atoms with Gasteiger partial charge in [-0.15, -0.1) is 0 Å². The predicted octanol–water partition coefficient (Wildman–Crippen LogP) is 2.38. The SMILES string of the molecule is C1=C[C@H]2[C@H](C1)[C@@H]1C=C[C@@H]2C1. The van der Waals surface area contributed by atoms with E-state index in [1.54, 1.807) is 0 Å². The molecule has 10 heavy (non-hydrogen) atoms. The molecule has 0 radical (unpaired) electrons. The molecular weight excluding hydrogens is 120 g/mol. The number of hydrogen-bond acceptors (Lipinski definition) is 0.